The van der Waals surface area contributed by atoms with Crippen molar-refractivity contribution in [2.75, 3.05) is 11.1 Å². The number of nitrogens with one attached hydrogen (secondary N) is 2. The minimum Gasteiger partial charge on any atom is -0.383 e. The van der Waals surface area contributed by atoms with Gasteiger partial charge in [-0.3, -0.25) is 9.59 Å². The quantitative estimate of drug-likeness (QED) is 0.474. The summed E-state index contributed by atoms with van der Waals surface area (Å²) in [6.45, 7) is 5.52. The van der Waals surface area contributed by atoms with Crippen LogP contribution in [0.4, 0.5) is 24.7 Å². The lowest BCUT2D eigenvalue weighted by molar-refractivity contribution is -0.137. The van der Waals surface area contributed by atoms with E-state index in [0.29, 0.717) is 11.3 Å². The number of hydrogen-bond donors (Lipinski definition) is 3. The van der Waals surface area contributed by atoms with Gasteiger partial charge in [0.1, 0.15) is 5.82 Å². The van der Waals surface area contributed by atoms with Crippen LogP contribution in [0.2, 0.25) is 0 Å². The summed E-state index contributed by atoms with van der Waals surface area (Å²) < 4.78 is 38.7. The van der Waals surface area contributed by atoms with Crippen LogP contribution in [0.1, 0.15) is 40.9 Å². The summed E-state index contributed by atoms with van der Waals surface area (Å²) in [7, 11) is 0. The highest BCUT2D eigenvalue weighted by molar-refractivity contribution is 5.99. The van der Waals surface area contributed by atoms with E-state index in [4.69, 9.17) is 5.73 Å². The van der Waals surface area contributed by atoms with Crippen LogP contribution >= 0.6 is 0 Å². The van der Waals surface area contributed by atoms with Crippen molar-refractivity contribution >= 4 is 23.3 Å². The summed E-state index contributed by atoms with van der Waals surface area (Å²) in [5.41, 5.74) is 8.39. The van der Waals surface area contributed by atoms with Gasteiger partial charge in [-0.2, -0.15) is 13.2 Å². The molecule has 2 amide bonds. The molecule has 0 aliphatic heterocycles. The van der Waals surface area contributed by atoms with Crippen molar-refractivity contribution in [3.8, 4) is 11.1 Å². The van der Waals surface area contributed by atoms with Crippen LogP contribution in [0, 0.1) is 6.92 Å². The van der Waals surface area contributed by atoms with Crippen LogP contribution in [0.3, 0.4) is 0 Å². The number of pyridine rings is 1. The fourth-order valence-corrected chi connectivity index (χ4v) is 3.46. The van der Waals surface area contributed by atoms with E-state index in [9.17, 15) is 22.8 Å². The van der Waals surface area contributed by atoms with Crippen molar-refractivity contribution in [1.82, 2.24) is 10.3 Å². The third kappa shape index (κ3) is 6.12. The van der Waals surface area contributed by atoms with Gasteiger partial charge in [-0.1, -0.05) is 24.3 Å². The molecule has 0 saturated carbocycles. The summed E-state index contributed by atoms with van der Waals surface area (Å²) in [6.07, 6.45) is -3.09. The average molecular weight is 470 g/mol. The summed E-state index contributed by atoms with van der Waals surface area (Å²) in [6, 6.07) is 11.5. The molecule has 0 fully saturated rings. The molecule has 0 aliphatic carbocycles. The molecule has 1 heterocycles. The number of carbonyl (C=O) groups excluding carboxylic acids is 2. The number of aryl methyl sites for hydroxylation is 1. The van der Waals surface area contributed by atoms with Gasteiger partial charge in [-0.15, -0.1) is 0 Å². The normalized spacial score (nSPS) is 11.4. The summed E-state index contributed by atoms with van der Waals surface area (Å²) in [4.78, 5) is 28.9. The molecule has 2 aromatic carbocycles. The molecular formula is C25H25F3N4O2. The molecule has 3 rings (SSSR count). The second-order valence-electron chi connectivity index (χ2n) is 8.24. The molecule has 178 valence electrons. The molecular weight excluding hydrogens is 445 g/mol. The van der Waals surface area contributed by atoms with Crippen LogP contribution in [0.5, 0.6) is 0 Å². The number of amides is 2. The Morgan fingerprint density at radius 2 is 1.82 bits per heavy atom. The van der Waals surface area contributed by atoms with Gasteiger partial charge in [0, 0.05) is 23.5 Å². The molecule has 0 spiro atoms. The Labute approximate surface area is 195 Å². The van der Waals surface area contributed by atoms with Crippen LogP contribution in [0.25, 0.3) is 11.1 Å². The zero-order valence-corrected chi connectivity index (χ0v) is 19.0. The van der Waals surface area contributed by atoms with Crippen molar-refractivity contribution in [3.05, 3.63) is 77.0 Å². The molecule has 3 aromatic rings. The van der Waals surface area contributed by atoms with Gasteiger partial charge in [0.15, 0.2) is 0 Å². The van der Waals surface area contributed by atoms with E-state index in [2.05, 4.69) is 15.6 Å². The topological polar surface area (TPSA) is 97.1 Å². The van der Waals surface area contributed by atoms with Gasteiger partial charge in [0.2, 0.25) is 5.91 Å². The molecule has 34 heavy (non-hydrogen) atoms. The zero-order valence-electron chi connectivity index (χ0n) is 19.0. The average Bonchev–Trinajstić information content (AvgIpc) is 2.73. The number of nitrogens with two attached hydrogens (primary N) is 1. The van der Waals surface area contributed by atoms with Crippen LogP contribution in [0.15, 0.2) is 54.7 Å². The first kappa shape index (κ1) is 24.8. The Hall–Kier alpha value is -3.88. The number of hydrogen-bond acceptors (Lipinski definition) is 4. The number of anilines is 2. The van der Waals surface area contributed by atoms with Gasteiger partial charge in [0.25, 0.3) is 5.91 Å². The van der Waals surface area contributed by atoms with Crippen molar-refractivity contribution in [2.24, 2.45) is 0 Å². The van der Waals surface area contributed by atoms with Gasteiger partial charge in [0.05, 0.1) is 17.5 Å². The molecule has 0 aliphatic rings. The van der Waals surface area contributed by atoms with E-state index < -0.39 is 17.6 Å². The highest BCUT2D eigenvalue weighted by Gasteiger charge is 2.30. The molecule has 0 bridgehead atoms. The van der Waals surface area contributed by atoms with E-state index in [-0.39, 0.29) is 35.3 Å². The van der Waals surface area contributed by atoms with Crippen molar-refractivity contribution in [1.29, 1.82) is 0 Å². The van der Waals surface area contributed by atoms with E-state index in [0.717, 1.165) is 23.3 Å². The number of nitrogens with zero attached hydrogens (tertiary/aromatic N) is 1. The maximum atomic E-state index is 12.9. The number of aromatic nitrogens is 1. The monoisotopic (exact) mass is 470 g/mol. The third-order valence-electron chi connectivity index (χ3n) is 5.02. The van der Waals surface area contributed by atoms with Gasteiger partial charge >= 0.3 is 6.18 Å². The molecule has 1 aromatic heterocycles. The van der Waals surface area contributed by atoms with Crippen molar-refractivity contribution in [3.63, 3.8) is 0 Å². The Morgan fingerprint density at radius 1 is 1.09 bits per heavy atom. The standard InChI is InChI=1S/C25H25F3N4O2/c1-14(2)31-24(34)21-12-17(13-30-23(21)29)20-8-7-19(9-15(20)3)32-22(33)11-16-5-4-6-18(10-16)25(26,27)28/h4-10,12-14H,11H2,1-3H3,(H2,29,30)(H,31,34)(H,32,33). The van der Waals surface area contributed by atoms with Gasteiger partial charge in [-0.05, 0) is 61.7 Å². The highest BCUT2D eigenvalue weighted by atomic mass is 19.4. The zero-order chi connectivity index (χ0) is 25.0. The smallest absolute Gasteiger partial charge is 0.383 e. The SMILES string of the molecule is Cc1cc(NC(=O)Cc2cccc(C(F)(F)F)c2)ccc1-c1cnc(N)c(C(=O)NC(C)C)c1. The molecule has 0 radical (unpaired) electrons. The Morgan fingerprint density at radius 3 is 2.47 bits per heavy atom. The molecule has 0 atom stereocenters. The van der Waals surface area contributed by atoms with E-state index >= 15 is 0 Å². The number of carbonyl (C=O) groups is 2. The van der Waals surface area contributed by atoms with E-state index in [1.54, 1.807) is 30.5 Å². The maximum Gasteiger partial charge on any atom is 0.416 e. The lowest BCUT2D eigenvalue weighted by Crippen LogP contribution is -2.30. The first-order chi connectivity index (χ1) is 15.9. The fourth-order valence-electron chi connectivity index (χ4n) is 3.46. The summed E-state index contributed by atoms with van der Waals surface area (Å²) in [5.74, 6) is -0.635. The van der Waals surface area contributed by atoms with Crippen LogP contribution < -0.4 is 16.4 Å². The molecule has 4 N–H and O–H groups in total. The third-order valence-corrected chi connectivity index (χ3v) is 5.02. The second kappa shape index (κ2) is 9.94. The van der Waals surface area contributed by atoms with Gasteiger partial charge in [-0.25, -0.2) is 4.98 Å². The Bertz CT molecular complexity index is 1220. The Kier molecular flexibility index (Phi) is 7.24. The maximum absolute atomic E-state index is 12.9. The van der Waals surface area contributed by atoms with Crippen LogP contribution in [-0.4, -0.2) is 22.8 Å². The number of nitrogen functional groups attached to an aromatic ring is 1. The number of halogens is 3. The first-order valence-corrected chi connectivity index (χ1v) is 10.6. The van der Waals surface area contributed by atoms with Gasteiger partial charge < -0.3 is 16.4 Å². The Balaban J connectivity index is 1.76. The predicted octanol–water partition coefficient (Wildman–Crippen LogP) is 4.98. The summed E-state index contributed by atoms with van der Waals surface area (Å²) >= 11 is 0. The second-order valence-corrected chi connectivity index (χ2v) is 8.24. The predicted molar refractivity (Wildman–Crippen MR) is 125 cm³/mol. The molecule has 9 heteroatoms. The fraction of sp³-hybridized carbons (Fsp3) is 0.240. The van der Waals surface area contributed by atoms with Crippen molar-refractivity contribution in [2.45, 2.75) is 39.4 Å². The number of benzene rings is 2. The lowest BCUT2D eigenvalue weighted by atomic mass is 9.99. The van der Waals surface area contributed by atoms with E-state index in [1.807, 2.05) is 20.8 Å². The number of alkyl halides is 3. The van der Waals surface area contributed by atoms with Crippen molar-refractivity contribution < 1.29 is 22.8 Å². The highest BCUT2D eigenvalue weighted by Crippen LogP contribution is 2.30. The molecule has 6 nitrogen and oxygen atoms in total. The minimum atomic E-state index is -4.47. The molecule has 0 saturated heterocycles. The number of rotatable bonds is 6. The lowest BCUT2D eigenvalue weighted by Gasteiger charge is -2.13. The minimum absolute atomic E-state index is 0.0591. The summed E-state index contributed by atoms with van der Waals surface area (Å²) in [5, 5.41) is 5.50. The van der Waals surface area contributed by atoms with E-state index in [1.165, 1.54) is 12.1 Å². The first-order valence-electron chi connectivity index (χ1n) is 10.6. The molecule has 0 unspecified atom stereocenters. The largest absolute Gasteiger partial charge is 0.416 e. The van der Waals surface area contributed by atoms with Crippen LogP contribution in [-0.2, 0) is 17.4 Å².